The Morgan fingerprint density at radius 3 is 2.53 bits per heavy atom. The van der Waals surface area contributed by atoms with Gasteiger partial charge in [-0.05, 0) is 41.5 Å². The third-order valence-corrected chi connectivity index (χ3v) is 3.16. The van der Waals surface area contributed by atoms with Crippen molar-refractivity contribution in [2.75, 3.05) is 0 Å². The van der Waals surface area contributed by atoms with E-state index in [9.17, 15) is 8.78 Å². The molecule has 0 aliphatic heterocycles. The van der Waals surface area contributed by atoms with Crippen LogP contribution in [-0.2, 0) is 13.2 Å². The zero-order valence-electron chi connectivity index (χ0n) is 10.00. The lowest BCUT2D eigenvalue weighted by molar-refractivity contribution is 0.289. The lowest BCUT2D eigenvalue weighted by Crippen LogP contribution is -2.06. The molecule has 0 bridgehead atoms. The molecule has 0 fully saturated rings. The van der Waals surface area contributed by atoms with Gasteiger partial charge in [0.25, 0.3) is 0 Å². The van der Waals surface area contributed by atoms with Crippen LogP contribution in [0.4, 0.5) is 8.78 Å². The molecule has 2 nitrogen and oxygen atoms in total. The van der Waals surface area contributed by atoms with Crippen molar-refractivity contribution in [2.45, 2.75) is 13.2 Å². The highest BCUT2D eigenvalue weighted by Crippen LogP contribution is 2.23. The van der Waals surface area contributed by atoms with Crippen LogP contribution in [0.1, 0.15) is 11.1 Å². The first-order valence-electron chi connectivity index (χ1n) is 5.65. The summed E-state index contributed by atoms with van der Waals surface area (Å²) < 4.78 is 32.6. The van der Waals surface area contributed by atoms with E-state index < -0.39 is 5.82 Å². The molecule has 0 spiro atoms. The summed E-state index contributed by atoms with van der Waals surface area (Å²) in [4.78, 5) is 0. The Morgan fingerprint density at radius 1 is 1.05 bits per heavy atom. The largest absolute Gasteiger partial charge is 0.486 e. The van der Waals surface area contributed by atoms with Crippen molar-refractivity contribution in [3.63, 3.8) is 0 Å². The van der Waals surface area contributed by atoms with Crippen molar-refractivity contribution < 1.29 is 13.5 Å². The van der Waals surface area contributed by atoms with Crippen molar-refractivity contribution >= 4 is 15.9 Å². The van der Waals surface area contributed by atoms with E-state index in [0.717, 1.165) is 5.56 Å². The predicted molar refractivity (Wildman–Crippen MR) is 72.7 cm³/mol. The van der Waals surface area contributed by atoms with Crippen LogP contribution in [0.3, 0.4) is 0 Å². The van der Waals surface area contributed by atoms with Gasteiger partial charge in [-0.25, -0.2) is 8.78 Å². The summed E-state index contributed by atoms with van der Waals surface area (Å²) in [6.45, 7) is 0.352. The molecule has 0 heterocycles. The number of halogens is 3. The van der Waals surface area contributed by atoms with E-state index in [1.54, 1.807) is 12.1 Å². The van der Waals surface area contributed by atoms with Crippen molar-refractivity contribution in [2.24, 2.45) is 5.73 Å². The molecular formula is C14H12BrF2NO. The summed E-state index contributed by atoms with van der Waals surface area (Å²) >= 11 is 3.17. The molecule has 5 heteroatoms. The first kappa shape index (κ1) is 14.0. The molecular weight excluding hydrogens is 316 g/mol. The Morgan fingerprint density at radius 2 is 1.84 bits per heavy atom. The van der Waals surface area contributed by atoms with E-state index in [4.69, 9.17) is 10.5 Å². The van der Waals surface area contributed by atoms with Crippen LogP contribution in [-0.4, -0.2) is 0 Å². The molecule has 19 heavy (non-hydrogen) atoms. The summed E-state index contributed by atoms with van der Waals surface area (Å²) in [6.07, 6.45) is 0. The molecule has 2 N–H and O–H groups in total. The third-order valence-electron chi connectivity index (χ3n) is 2.67. The summed E-state index contributed by atoms with van der Waals surface area (Å²) in [5, 5.41) is 0. The quantitative estimate of drug-likeness (QED) is 0.927. The molecule has 0 unspecified atom stereocenters. The van der Waals surface area contributed by atoms with E-state index in [2.05, 4.69) is 15.9 Å². The summed E-state index contributed by atoms with van der Waals surface area (Å²) in [5.74, 6) is -0.652. The minimum absolute atomic E-state index is 0.144. The maximum atomic E-state index is 13.6. The average Bonchev–Trinajstić information content (AvgIpc) is 2.39. The molecule has 0 aliphatic carbocycles. The second-order valence-corrected chi connectivity index (χ2v) is 4.90. The van der Waals surface area contributed by atoms with Gasteiger partial charge in [0.2, 0.25) is 0 Å². The van der Waals surface area contributed by atoms with Gasteiger partial charge in [-0.15, -0.1) is 0 Å². The zero-order chi connectivity index (χ0) is 13.8. The van der Waals surface area contributed by atoms with Gasteiger partial charge in [0.1, 0.15) is 12.4 Å². The third kappa shape index (κ3) is 3.52. The van der Waals surface area contributed by atoms with Gasteiger partial charge in [-0.1, -0.05) is 22.0 Å². The van der Waals surface area contributed by atoms with Crippen molar-refractivity contribution in [1.82, 2.24) is 0 Å². The van der Waals surface area contributed by atoms with Crippen LogP contribution >= 0.6 is 15.9 Å². The van der Waals surface area contributed by atoms with E-state index in [1.807, 2.05) is 0 Å². The standard InChI is InChI=1S/C14H12BrF2NO/c15-11-2-4-14(13(17)6-11)19-8-9-1-3-12(16)5-10(9)7-18/h1-6H,7-8,18H2. The van der Waals surface area contributed by atoms with Crippen molar-refractivity contribution in [3.05, 3.63) is 63.6 Å². The van der Waals surface area contributed by atoms with Crippen molar-refractivity contribution in [1.29, 1.82) is 0 Å². The highest BCUT2D eigenvalue weighted by atomic mass is 79.9. The molecule has 2 aromatic rings. The molecule has 0 atom stereocenters. The minimum Gasteiger partial charge on any atom is -0.486 e. The van der Waals surface area contributed by atoms with Crippen LogP contribution in [0.15, 0.2) is 40.9 Å². The Balaban J connectivity index is 2.14. The lowest BCUT2D eigenvalue weighted by Gasteiger charge is -2.11. The summed E-state index contributed by atoms with van der Waals surface area (Å²) in [5.41, 5.74) is 6.93. The van der Waals surface area contributed by atoms with Gasteiger partial charge in [0, 0.05) is 11.0 Å². The number of hydrogen-bond donors (Lipinski definition) is 1. The second kappa shape index (κ2) is 6.12. The number of hydrogen-bond acceptors (Lipinski definition) is 2. The minimum atomic E-state index is -0.453. The van der Waals surface area contributed by atoms with Crippen molar-refractivity contribution in [3.8, 4) is 5.75 Å². The number of rotatable bonds is 4. The fourth-order valence-electron chi connectivity index (χ4n) is 1.67. The summed E-state index contributed by atoms with van der Waals surface area (Å²) in [7, 11) is 0. The fraction of sp³-hybridized carbons (Fsp3) is 0.143. The van der Waals surface area contributed by atoms with Gasteiger partial charge in [0.15, 0.2) is 11.6 Å². The second-order valence-electron chi connectivity index (χ2n) is 3.98. The number of benzene rings is 2. The van der Waals surface area contributed by atoms with E-state index in [1.165, 1.54) is 24.3 Å². The molecule has 0 aliphatic rings. The average molecular weight is 328 g/mol. The first-order chi connectivity index (χ1) is 9.10. The first-order valence-corrected chi connectivity index (χ1v) is 6.44. The predicted octanol–water partition coefficient (Wildman–Crippen LogP) is 3.77. The maximum Gasteiger partial charge on any atom is 0.166 e. The SMILES string of the molecule is NCc1cc(F)ccc1COc1ccc(Br)cc1F. The number of ether oxygens (including phenoxy) is 1. The highest BCUT2D eigenvalue weighted by molar-refractivity contribution is 9.10. The van der Waals surface area contributed by atoms with Crippen LogP contribution < -0.4 is 10.5 Å². The molecule has 2 aromatic carbocycles. The monoisotopic (exact) mass is 327 g/mol. The smallest absolute Gasteiger partial charge is 0.166 e. The molecule has 0 saturated heterocycles. The van der Waals surface area contributed by atoms with E-state index in [-0.39, 0.29) is 24.7 Å². The molecule has 2 rings (SSSR count). The van der Waals surface area contributed by atoms with Gasteiger partial charge >= 0.3 is 0 Å². The van der Waals surface area contributed by atoms with E-state index in [0.29, 0.717) is 10.0 Å². The molecule has 0 saturated carbocycles. The van der Waals surface area contributed by atoms with Crippen LogP contribution in [0.2, 0.25) is 0 Å². The molecule has 100 valence electrons. The Hall–Kier alpha value is -1.46. The van der Waals surface area contributed by atoms with Crippen LogP contribution in [0.25, 0.3) is 0 Å². The van der Waals surface area contributed by atoms with Gasteiger partial charge < -0.3 is 10.5 Å². The highest BCUT2D eigenvalue weighted by Gasteiger charge is 2.07. The topological polar surface area (TPSA) is 35.2 Å². The Kier molecular flexibility index (Phi) is 4.50. The maximum absolute atomic E-state index is 13.6. The molecule has 0 radical (unpaired) electrons. The van der Waals surface area contributed by atoms with Crippen LogP contribution in [0.5, 0.6) is 5.75 Å². The van der Waals surface area contributed by atoms with Gasteiger partial charge in [-0.2, -0.15) is 0 Å². The molecule has 0 amide bonds. The fourth-order valence-corrected chi connectivity index (χ4v) is 2.01. The van der Waals surface area contributed by atoms with Crippen LogP contribution in [0, 0.1) is 11.6 Å². The Labute approximate surface area is 118 Å². The zero-order valence-corrected chi connectivity index (χ0v) is 11.6. The summed E-state index contributed by atoms with van der Waals surface area (Å²) in [6, 6.07) is 8.82. The Bertz CT molecular complexity index is 590. The van der Waals surface area contributed by atoms with E-state index >= 15 is 0 Å². The normalized spacial score (nSPS) is 10.5. The van der Waals surface area contributed by atoms with Gasteiger partial charge in [0.05, 0.1) is 0 Å². The van der Waals surface area contributed by atoms with Gasteiger partial charge in [-0.3, -0.25) is 0 Å². The number of nitrogens with two attached hydrogens (primary N) is 1. The lowest BCUT2D eigenvalue weighted by atomic mass is 10.1. The molecule has 0 aromatic heterocycles.